The summed E-state index contributed by atoms with van der Waals surface area (Å²) in [5, 5.41) is 11.8. The molecule has 0 radical (unpaired) electrons. The SMILES string of the molecule is CC[C@@H]1CCCC[C@H]1Nc1ccc(C)nn1. The Bertz CT molecular complexity index is 320. The number of nitrogens with zero attached hydrogens (tertiary/aromatic N) is 2. The summed E-state index contributed by atoms with van der Waals surface area (Å²) in [5.74, 6) is 1.73. The topological polar surface area (TPSA) is 37.8 Å². The summed E-state index contributed by atoms with van der Waals surface area (Å²) < 4.78 is 0. The van der Waals surface area contributed by atoms with Crippen molar-refractivity contribution >= 4 is 5.82 Å². The second-order valence-electron chi connectivity index (χ2n) is 4.76. The van der Waals surface area contributed by atoms with E-state index in [1.807, 2.05) is 19.1 Å². The first-order valence-corrected chi connectivity index (χ1v) is 6.36. The van der Waals surface area contributed by atoms with Crippen LogP contribution in [-0.2, 0) is 0 Å². The van der Waals surface area contributed by atoms with Gasteiger partial charge in [0.15, 0.2) is 0 Å². The van der Waals surface area contributed by atoms with E-state index in [-0.39, 0.29) is 0 Å². The van der Waals surface area contributed by atoms with Gasteiger partial charge in [-0.3, -0.25) is 0 Å². The Morgan fingerprint density at radius 3 is 2.75 bits per heavy atom. The molecule has 0 bridgehead atoms. The summed E-state index contributed by atoms with van der Waals surface area (Å²) >= 11 is 0. The Labute approximate surface area is 97.7 Å². The van der Waals surface area contributed by atoms with E-state index in [0.29, 0.717) is 6.04 Å². The normalized spacial score (nSPS) is 25.4. The number of hydrogen-bond donors (Lipinski definition) is 1. The van der Waals surface area contributed by atoms with Gasteiger partial charge >= 0.3 is 0 Å². The van der Waals surface area contributed by atoms with Gasteiger partial charge in [-0.2, -0.15) is 5.10 Å². The van der Waals surface area contributed by atoms with Gasteiger partial charge in [0.1, 0.15) is 5.82 Å². The maximum atomic E-state index is 4.18. The largest absolute Gasteiger partial charge is 0.366 e. The molecule has 1 N–H and O–H groups in total. The average molecular weight is 219 g/mol. The van der Waals surface area contributed by atoms with Crippen LogP contribution in [0.2, 0.25) is 0 Å². The van der Waals surface area contributed by atoms with Crippen LogP contribution >= 0.6 is 0 Å². The monoisotopic (exact) mass is 219 g/mol. The summed E-state index contributed by atoms with van der Waals surface area (Å²) in [6.07, 6.45) is 6.61. The quantitative estimate of drug-likeness (QED) is 0.848. The highest BCUT2D eigenvalue weighted by Gasteiger charge is 2.23. The van der Waals surface area contributed by atoms with Crippen LogP contribution in [0.5, 0.6) is 0 Å². The van der Waals surface area contributed by atoms with Gasteiger partial charge in [-0.05, 0) is 37.8 Å². The average Bonchev–Trinajstić information content (AvgIpc) is 2.33. The molecule has 16 heavy (non-hydrogen) atoms. The third-order valence-corrected chi connectivity index (χ3v) is 3.56. The predicted octanol–water partition coefficient (Wildman–Crippen LogP) is 3.17. The number of aryl methyl sites for hydroxylation is 1. The summed E-state index contributed by atoms with van der Waals surface area (Å²) in [5.41, 5.74) is 0.973. The molecule has 1 aromatic rings. The molecule has 3 heteroatoms. The van der Waals surface area contributed by atoms with Crippen molar-refractivity contribution in [2.24, 2.45) is 5.92 Å². The van der Waals surface area contributed by atoms with E-state index in [1.165, 1.54) is 32.1 Å². The van der Waals surface area contributed by atoms with E-state index in [1.54, 1.807) is 0 Å². The van der Waals surface area contributed by atoms with Crippen LogP contribution in [0.15, 0.2) is 12.1 Å². The second-order valence-corrected chi connectivity index (χ2v) is 4.76. The summed E-state index contributed by atoms with van der Waals surface area (Å²) in [6, 6.07) is 4.64. The van der Waals surface area contributed by atoms with Crippen molar-refractivity contribution in [3.8, 4) is 0 Å². The molecule has 1 aromatic heterocycles. The summed E-state index contributed by atoms with van der Waals surface area (Å²) in [7, 11) is 0. The van der Waals surface area contributed by atoms with E-state index >= 15 is 0 Å². The van der Waals surface area contributed by atoms with Crippen LogP contribution in [0.1, 0.15) is 44.7 Å². The minimum absolute atomic E-state index is 0.593. The van der Waals surface area contributed by atoms with E-state index in [2.05, 4.69) is 22.4 Å². The first-order valence-electron chi connectivity index (χ1n) is 6.36. The van der Waals surface area contributed by atoms with Crippen molar-refractivity contribution in [2.75, 3.05) is 5.32 Å². The molecule has 1 saturated carbocycles. The molecule has 1 aliphatic rings. The number of anilines is 1. The Morgan fingerprint density at radius 1 is 1.25 bits per heavy atom. The Balaban J connectivity index is 1.99. The number of hydrogen-bond acceptors (Lipinski definition) is 3. The molecule has 1 heterocycles. The molecule has 0 aromatic carbocycles. The standard InChI is InChI=1S/C13H21N3/c1-3-11-6-4-5-7-12(11)14-13-9-8-10(2)15-16-13/h8-9,11-12H,3-7H2,1-2H3,(H,14,16)/t11-,12-/m1/s1. The van der Waals surface area contributed by atoms with Crippen LogP contribution in [0.4, 0.5) is 5.82 Å². The van der Waals surface area contributed by atoms with Crippen LogP contribution in [-0.4, -0.2) is 16.2 Å². The first kappa shape index (κ1) is 11.4. The fraction of sp³-hybridized carbons (Fsp3) is 0.692. The number of rotatable bonds is 3. The zero-order valence-electron chi connectivity index (χ0n) is 10.2. The lowest BCUT2D eigenvalue weighted by molar-refractivity contribution is 0.316. The lowest BCUT2D eigenvalue weighted by Gasteiger charge is -2.31. The van der Waals surface area contributed by atoms with Crippen molar-refractivity contribution in [1.82, 2.24) is 10.2 Å². The van der Waals surface area contributed by atoms with Crippen LogP contribution < -0.4 is 5.32 Å². The summed E-state index contributed by atoms with van der Waals surface area (Å²) in [4.78, 5) is 0. The van der Waals surface area contributed by atoms with Crippen molar-refractivity contribution in [1.29, 1.82) is 0 Å². The maximum Gasteiger partial charge on any atom is 0.148 e. The molecule has 0 saturated heterocycles. The molecule has 0 spiro atoms. The van der Waals surface area contributed by atoms with Gasteiger partial charge in [0.05, 0.1) is 5.69 Å². The molecule has 0 amide bonds. The van der Waals surface area contributed by atoms with Crippen molar-refractivity contribution in [2.45, 2.75) is 52.0 Å². The zero-order chi connectivity index (χ0) is 11.4. The molecule has 2 rings (SSSR count). The van der Waals surface area contributed by atoms with Gasteiger partial charge in [-0.15, -0.1) is 5.10 Å². The van der Waals surface area contributed by atoms with E-state index < -0.39 is 0 Å². The van der Waals surface area contributed by atoms with Crippen LogP contribution in [0.3, 0.4) is 0 Å². The van der Waals surface area contributed by atoms with E-state index in [0.717, 1.165) is 17.4 Å². The maximum absolute atomic E-state index is 4.18. The second kappa shape index (κ2) is 5.28. The molecule has 0 unspecified atom stereocenters. The van der Waals surface area contributed by atoms with Crippen LogP contribution in [0.25, 0.3) is 0 Å². The van der Waals surface area contributed by atoms with Crippen molar-refractivity contribution in [3.05, 3.63) is 17.8 Å². The summed E-state index contributed by atoms with van der Waals surface area (Å²) in [6.45, 7) is 4.25. The highest BCUT2D eigenvalue weighted by molar-refractivity contribution is 5.34. The zero-order valence-corrected chi connectivity index (χ0v) is 10.2. The highest BCUT2D eigenvalue weighted by Crippen LogP contribution is 2.28. The van der Waals surface area contributed by atoms with Crippen molar-refractivity contribution in [3.63, 3.8) is 0 Å². The fourth-order valence-corrected chi connectivity index (χ4v) is 2.55. The fourth-order valence-electron chi connectivity index (χ4n) is 2.55. The minimum atomic E-state index is 0.593. The van der Waals surface area contributed by atoms with Crippen molar-refractivity contribution < 1.29 is 0 Å². The lowest BCUT2D eigenvalue weighted by atomic mass is 9.83. The molecule has 1 aliphatic carbocycles. The number of nitrogens with one attached hydrogen (secondary N) is 1. The number of aromatic nitrogens is 2. The van der Waals surface area contributed by atoms with E-state index in [4.69, 9.17) is 0 Å². The van der Waals surface area contributed by atoms with Crippen LogP contribution in [0, 0.1) is 12.8 Å². The Morgan fingerprint density at radius 2 is 2.06 bits per heavy atom. The van der Waals surface area contributed by atoms with Gasteiger partial charge in [0, 0.05) is 6.04 Å². The molecule has 88 valence electrons. The molecule has 3 nitrogen and oxygen atoms in total. The Kier molecular flexibility index (Phi) is 3.75. The molecule has 0 aliphatic heterocycles. The minimum Gasteiger partial charge on any atom is -0.366 e. The third-order valence-electron chi connectivity index (χ3n) is 3.56. The molecule has 1 fully saturated rings. The third kappa shape index (κ3) is 2.71. The van der Waals surface area contributed by atoms with Gasteiger partial charge in [-0.25, -0.2) is 0 Å². The molecular formula is C13H21N3. The smallest absolute Gasteiger partial charge is 0.148 e. The lowest BCUT2D eigenvalue weighted by Crippen LogP contribution is -2.32. The van der Waals surface area contributed by atoms with Gasteiger partial charge in [0.2, 0.25) is 0 Å². The molecular weight excluding hydrogens is 198 g/mol. The highest BCUT2D eigenvalue weighted by atomic mass is 15.2. The van der Waals surface area contributed by atoms with Gasteiger partial charge in [0.25, 0.3) is 0 Å². The van der Waals surface area contributed by atoms with Gasteiger partial charge < -0.3 is 5.32 Å². The Hall–Kier alpha value is -1.12. The van der Waals surface area contributed by atoms with Gasteiger partial charge in [-0.1, -0.05) is 26.2 Å². The first-order chi connectivity index (χ1) is 7.79. The molecule has 2 atom stereocenters. The van der Waals surface area contributed by atoms with E-state index in [9.17, 15) is 0 Å². The predicted molar refractivity (Wildman–Crippen MR) is 66.4 cm³/mol.